The van der Waals surface area contributed by atoms with Gasteiger partial charge in [-0.05, 0) is 54.7 Å². The van der Waals surface area contributed by atoms with E-state index in [1.165, 1.54) is 18.2 Å². The molecule has 0 saturated carbocycles. The normalized spacial score (nSPS) is 16.4. The van der Waals surface area contributed by atoms with Crippen LogP contribution < -0.4 is 10.2 Å². The van der Waals surface area contributed by atoms with Crippen LogP contribution in [0.4, 0.5) is 10.1 Å². The highest BCUT2D eigenvalue weighted by molar-refractivity contribution is 9.10. The Morgan fingerprint density at radius 1 is 1.16 bits per heavy atom. The summed E-state index contributed by atoms with van der Waals surface area (Å²) in [6.45, 7) is 0. The molecule has 0 spiro atoms. The first kappa shape index (κ1) is 17.7. The van der Waals surface area contributed by atoms with Crippen molar-refractivity contribution in [2.75, 3.05) is 4.90 Å². The number of nitrogens with zero attached hydrogens (tertiary/aromatic N) is 1. The number of halogens is 3. The van der Waals surface area contributed by atoms with E-state index in [2.05, 4.69) is 21.2 Å². The maximum absolute atomic E-state index is 14.0. The summed E-state index contributed by atoms with van der Waals surface area (Å²) in [4.78, 5) is 26.1. The number of carbonyl (C=O) groups excluding carboxylic acids is 2. The summed E-state index contributed by atoms with van der Waals surface area (Å²) in [5, 5.41) is 2.88. The second kappa shape index (κ2) is 7.03. The van der Waals surface area contributed by atoms with Crippen LogP contribution in [0.3, 0.4) is 0 Å². The maximum Gasteiger partial charge on any atom is 0.270 e. The van der Waals surface area contributed by atoms with E-state index in [-0.39, 0.29) is 16.2 Å². The van der Waals surface area contributed by atoms with Crippen LogP contribution in [0, 0.1) is 5.82 Å². The Morgan fingerprint density at radius 2 is 1.84 bits per heavy atom. The van der Waals surface area contributed by atoms with Gasteiger partial charge in [0.25, 0.3) is 11.8 Å². The molecule has 1 N–H and O–H groups in total. The fourth-order valence-corrected chi connectivity index (χ4v) is 3.00. The van der Waals surface area contributed by atoms with Crippen LogP contribution in [-0.2, 0) is 9.59 Å². The topological polar surface area (TPSA) is 49.4 Å². The molecule has 1 heterocycles. The number of amides is 2. The molecule has 0 radical (unpaired) electrons. The van der Waals surface area contributed by atoms with Crippen molar-refractivity contribution in [3.63, 3.8) is 0 Å². The Morgan fingerprint density at radius 3 is 2.48 bits per heavy atom. The zero-order chi connectivity index (χ0) is 18.1. The van der Waals surface area contributed by atoms with E-state index < -0.39 is 17.6 Å². The van der Waals surface area contributed by atoms with Gasteiger partial charge in [0.1, 0.15) is 11.4 Å². The van der Waals surface area contributed by atoms with Gasteiger partial charge in [0, 0.05) is 15.1 Å². The van der Waals surface area contributed by atoms with Crippen molar-refractivity contribution >= 4 is 68.4 Å². The summed E-state index contributed by atoms with van der Waals surface area (Å²) in [6, 6.07) is 10.7. The average Bonchev–Trinajstić information content (AvgIpc) is 2.55. The number of benzene rings is 2. The SMILES string of the molecule is O=C1NC(=S)N(c2ccc(Cl)cc2)C(=O)C1=Cc1ccc(Br)cc1F. The Kier molecular flexibility index (Phi) is 4.99. The Bertz CT molecular complexity index is 931. The van der Waals surface area contributed by atoms with Gasteiger partial charge in [-0.3, -0.25) is 19.8 Å². The molecular formula is C17H9BrClFN2O2S. The van der Waals surface area contributed by atoms with Crippen LogP contribution in [0.2, 0.25) is 5.02 Å². The van der Waals surface area contributed by atoms with Crippen LogP contribution in [0.15, 0.2) is 52.5 Å². The molecule has 0 atom stereocenters. The van der Waals surface area contributed by atoms with Crippen LogP contribution in [0.5, 0.6) is 0 Å². The largest absolute Gasteiger partial charge is 0.298 e. The number of carbonyl (C=O) groups is 2. The number of anilines is 1. The summed E-state index contributed by atoms with van der Waals surface area (Å²) in [6.07, 6.45) is 1.20. The van der Waals surface area contributed by atoms with Gasteiger partial charge in [0.05, 0.1) is 5.69 Å². The molecule has 3 rings (SSSR count). The lowest BCUT2D eigenvalue weighted by Gasteiger charge is -2.29. The fraction of sp³-hybridized carbons (Fsp3) is 0. The number of nitrogens with one attached hydrogen (secondary N) is 1. The van der Waals surface area contributed by atoms with Crippen molar-refractivity contribution in [1.82, 2.24) is 5.32 Å². The molecular weight excluding hydrogens is 431 g/mol. The molecule has 2 aromatic rings. The van der Waals surface area contributed by atoms with Crippen LogP contribution >= 0.6 is 39.7 Å². The van der Waals surface area contributed by atoms with Crippen molar-refractivity contribution in [3.8, 4) is 0 Å². The molecule has 1 aliphatic heterocycles. The highest BCUT2D eigenvalue weighted by atomic mass is 79.9. The standard InChI is InChI=1S/C17H9BrClFN2O2S/c18-10-2-1-9(14(20)8-10)7-13-15(23)21-17(25)22(16(13)24)12-5-3-11(19)4-6-12/h1-8H,(H,21,23,25). The Labute approximate surface area is 161 Å². The Balaban J connectivity index is 2.03. The van der Waals surface area contributed by atoms with Gasteiger partial charge in [-0.1, -0.05) is 33.6 Å². The van der Waals surface area contributed by atoms with Crippen LogP contribution in [0.25, 0.3) is 6.08 Å². The second-order valence-corrected chi connectivity index (χ2v) is 6.84. The molecule has 126 valence electrons. The van der Waals surface area contributed by atoms with E-state index in [9.17, 15) is 14.0 Å². The van der Waals surface area contributed by atoms with Crippen LogP contribution in [0.1, 0.15) is 5.56 Å². The quantitative estimate of drug-likeness (QED) is 0.436. The second-order valence-electron chi connectivity index (χ2n) is 5.10. The summed E-state index contributed by atoms with van der Waals surface area (Å²) in [5.41, 5.74) is 0.344. The average molecular weight is 440 g/mol. The lowest BCUT2D eigenvalue weighted by atomic mass is 10.1. The third-order valence-electron chi connectivity index (χ3n) is 3.45. The molecule has 2 amide bonds. The third-order valence-corrected chi connectivity index (χ3v) is 4.48. The minimum absolute atomic E-state index is 0.0502. The molecule has 1 aliphatic rings. The third kappa shape index (κ3) is 3.63. The summed E-state index contributed by atoms with van der Waals surface area (Å²) in [7, 11) is 0. The van der Waals surface area contributed by atoms with Crippen molar-refractivity contribution in [2.45, 2.75) is 0 Å². The lowest BCUT2D eigenvalue weighted by molar-refractivity contribution is -0.122. The smallest absolute Gasteiger partial charge is 0.270 e. The van der Waals surface area contributed by atoms with Gasteiger partial charge < -0.3 is 0 Å². The minimum atomic E-state index is -0.678. The molecule has 0 aromatic heterocycles. The van der Waals surface area contributed by atoms with Gasteiger partial charge in [0.15, 0.2) is 5.11 Å². The van der Waals surface area contributed by atoms with E-state index >= 15 is 0 Å². The lowest BCUT2D eigenvalue weighted by Crippen LogP contribution is -2.54. The van der Waals surface area contributed by atoms with E-state index in [0.717, 1.165) is 4.90 Å². The first-order valence-electron chi connectivity index (χ1n) is 6.99. The highest BCUT2D eigenvalue weighted by Gasteiger charge is 2.34. The van der Waals surface area contributed by atoms with Gasteiger partial charge in [-0.25, -0.2) is 4.39 Å². The first-order valence-corrected chi connectivity index (χ1v) is 8.57. The van der Waals surface area contributed by atoms with Crippen molar-refractivity contribution in [3.05, 3.63) is 68.9 Å². The molecule has 25 heavy (non-hydrogen) atoms. The first-order chi connectivity index (χ1) is 11.9. The van der Waals surface area contributed by atoms with Crippen molar-refractivity contribution in [1.29, 1.82) is 0 Å². The summed E-state index contributed by atoms with van der Waals surface area (Å²) in [5.74, 6) is -1.88. The maximum atomic E-state index is 14.0. The van der Waals surface area contributed by atoms with Gasteiger partial charge in [-0.15, -0.1) is 0 Å². The van der Waals surface area contributed by atoms with Gasteiger partial charge in [0.2, 0.25) is 0 Å². The monoisotopic (exact) mass is 438 g/mol. The highest BCUT2D eigenvalue weighted by Crippen LogP contribution is 2.24. The molecule has 0 bridgehead atoms. The molecule has 1 fully saturated rings. The van der Waals surface area contributed by atoms with E-state index in [1.807, 2.05) is 0 Å². The minimum Gasteiger partial charge on any atom is -0.298 e. The summed E-state index contributed by atoms with van der Waals surface area (Å²) >= 11 is 14.1. The molecule has 8 heteroatoms. The molecule has 2 aromatic carbocycles. The molecule has 4 nitrogen and oxygen atoms in total. The number of rotatable bonds is 2. The molecule has 0 aliphatic carbocycles. The number of hydrogen-bond acceptors (Lipinski definition) is 3. The van der Waals surface area contributed by atoms with E-state index in [4.69, 9.17) is 23.8 Å². The van der Waals surface area contributed by atoms with E-state index in [1.54, 1.807) is 30.3 Å². The molecule has 0 unspecified atom stereocenters. The zero-order valence-corrected chi connectivity index (χ0v) is 15.6. The van der Waals surface area contributed by atoms with Gasteiger partial charge in [-0.2, -0.15) is 0 Å². The van der Waals surface area contributed by atoms with Gasteiger partial charge >= 0.3 is 0 Å². The van der Waals surface area contributed by atoms with Crippen LogP contribution in [-0.4, -0.2) is 16.9 Å². The van der Waals surface area contributed by atoms with Crippen molar-refractivity contribution in [2.24, 2.45) is 0 Å². The summed E-state index contributed by atoms with van der Waals surface area (Å²) < 4.78 is 14.6. The predicted octanol–water partition coefficient (Wildman–Crippen LogP) is 4.07. The number of hydrogen-bond donors (Lipinski definition) is 1. The van der Waals surface area contributed by atoms with E-state index in [0.29, 0.717) is 15.2 Å². The number of thiocarbonyl (C=S) groups is 1. The molecule has 1 saturated heterocycles. The van der Waals surface area contributed by atoms with Crippen molar-refractivity contribution < 1.29 is 14.0 Å². The Hall–Kier alpha value is -2.09. The zero-order valence-electron chi connectivity index (χ0n) is 12.4. The predicted molar refractivity (Wildman–Crippen MR) is 102 cm³/mol. The fourth-order valence-electron chi connectivity index (χ4n) is 2.26.